The number of aryl methyl sites for hydroxylation is 1. The molecular formula is C16H26N2O. The lowest BCUT2D eigenvalue weighted by Gasteiger charge is -2.42. The van der Waals surface area contributed by atoms with E-state index in [9.17, 15) is 0 Å². The number of nitrogens with two attached hydrogens (primary N) is 1. The Morgan fingerprint density at radius 1 is 1.37 bits per heavy atom. The molecule has 0 aromatic heterocycles. The number of hydrogen-bond donors (Lipinski definition) is 1. The Morgan fingerprint density at radius 2 is 2.00 bits per heavy atom. The molecular weight excluding hydrogens is 236 g/mol. The molecule has 1 saturated heterocycles. The van der Waals surface area contributed by atoms with Crippen molar-refractivity contribution < 1.29 is 4.74 Å². The SMILES string of the molecule is Cc1ccc(C(N)CN2CC(C)OC(C)(C)C2)cc1. The minimum Gasteiger partial charge on any atom is -0.370 e. The molecule has 0 radical (unpaired) electrons. The Kier molecular flexibility index (Phi) is 4.29. The van der Waals surface area contributed by atoms with Crippen molar-refractivity contribution in [2.75, 3.05) is 19.6 Å². The summed E-state index contributed by atoms with van der Waals surface area (Å²) < 4.78 is 5.92. The molecule has 0 amide bonds. The highest BCUT2D eigenvalue weighted by Gasteiger charge is 2.31. The van der Waals surface area contributed by atoms with Gasteiger partial charge in [-0.1, -0.05) is 29.8 Å². The first kappa shape index (κ1) is 14.5. The van der Waals surface area contributed by atoms with Crippen LogP contribution in [0, 0.1) is 6.92 Å². The fourth-order valence-corrected chi connectivity index (χ4v) is 2.92. The van der Waals surface area contributed by atoms with Crippen molar-refractivity contribution in [2.24, 2.45) is 5.73 Å². The summed E-state index contributed by atoms with van der Waals surface area (Å²) in [7, 11) is 0. The second-order valence-electron chi connectivity index (χ2n) is 6.40. The first-order valence-electron chi connectivity index (χ1n) is 7.08. The van der Waals surface area contributed by atoms with Gasteiger partial charge in [-0.15, -0.1) is 0 Å². The zero-order chi connectivity index (χ0) is 14.0. The molecule has 2 N–H and O–H groups in total. The topological polar surface area (TPSA) is 38.5 Å². The summed E-state index contributed by atoms with van der Waals surface area (Å²) in [6, 6.07) is 8.59. The van der Waals surface area contributed by atoms with Crippen LogP contribution in [0.5, 0.6) is 0 Å². The van der Waals surface area contributed by atoms with E-state index in [0.717, 1.165) is 19.6 Å². The van der Waals surface area contributed by atoms with E-state index in [4.69, 9.17) is 10.5 Å². The molecule has 3 nitrogen and oxygen atoms in total. The minimum absolute atomic E-state index is 0.0710. The van der Waals surface area contributed by atoms with Gasteiger partial charge in [0.2, 0.25) is 0 Å². The number of rotatable bonds is 3. The van der Waals surface area contributed by atoms with Crippen molar-refractivity contribution in [2.45, 2.75) is 45.4 Å². The van der Waals surface area contributed by atoms with Gasteiger partial charge in [0.05, 0.1) is 11.7 Å². The monoisotopic (exact) mass is 262 g/mol. The lowest BCUT2D eigenvalue weighted by Crippen LogP contribution is -2.53. The highest BCUT2D eigenvalue weighted by atomic mass is 16.5. The van der Waals surface area contributed by atoms with E-state index < -0.39 is 0 Å². The maximum Gasteiger partial charge on any atom is 0.0757 e. The largest absolute Gasteiger partial charge is 0.370 e. The summed E-state index contributed by atoms with van der Waals surface area (Å²) in [6.45, 7) is 11.3. The molecule has 0 aliphatic carbocycles. The number of morpholine rings is 1. The molecule has 1 heterocycles. The second kappa shape index (κ2) is 5.61. The maximum absolute atomic E-state index is 6.33. The van der Waals surface area contributed by atoms with E-state index >= 15 is 0 Å². The average Bonchev–Trinajstić information content (AvgIpc) is 2.26. The van der Waals surface area contributed by atoms with Crippen LogP contribution < -0.4 is 5.73 Å². The van der Waals surface area contributed by atoms with E-state index in [0.29, 0.717) is 0 Å². The molecule has 1 aromatic rings. The molecule has 1 aliphatic rings. The van der Waals surface area contributed by atoms with Gasteiger partial charge in [-0.3, -0.25) is 4.90 Å². The van der Waals surface area contributed by atoms with Crippen LogP contribution in [0.25, 0.3) is 0 Å². The molecule has 106 valence electrons. The standard InChI is InChI=1S/C16H26N2O/c1-12-5-7-14(8-6-12)15(17)10-18-9-13(2)19-16(3,4)11-18/h5-8,13,15H,9-11,17H2,1-4H3. The molecule has 0 spiro atoms. The van der Waals surface area contributed by atoms with Crippen molar-refractivity contribution in [3.8, 4) is 0 Å². The minimum atomic E-state index is -0.0787. The average molecular weight is 262 g/mol. The van der Waals surface area contributed by atoms with E-state index in [1.807, 2.05) is 0 Å². The molecule has 19 heavy (non-hydrogen) atoms. The smallest absolute Gasteiger partial charge is 0.0757 e. The number of nitrogens with zero attached hydrogens (tertiary/aromatic N) is 1. The lowest BCUT2D eigenvalue weighted by molar-refractivity contribution is -0.129. The summed E-state index contributed by atoms with van der Waals surface area (Å²) in [5.41, 5.74) is 8.73. The Morgan fingerprint density at radius 3 is 2.58 bits per heavy atom. The second-order valence-corrected chi connectivity index (χ2v) is 6.40. The maximum atomic E-state index is 6.33. The van der Waals surface area contributed by atoms with E-state index in [2.05, 4.69) is 56.9 Å². The van der Waals surface area contributed by atoms with Gasteiger partial charge >= 0.3 is 0 Å². The Labute approximate surface area is 116 Å². The van der Waals surface area contributed by atoms with E-state index in [1.54, 1.807) is 0 Å². The van der Waals surface area contributed by atoms with Crippen LogP contribution in [0.1, 0.15) is 37.9 Å². The molecule has 0 bridgehead atoms. The van der Waals surface area contributed by atoms with Crippen LogP contribution in [0.4, 0.5) is 0 Å². The van der Waals surface area contributed by atoms with Crippen LogP contribution in [0.15, 0.2) is 24.3 Å². The normalized spacial score (nSPS) is 25.2. The zero-order valence-corrected chi connectivity index (χ0v) is 12.5. The highest BCUT2D eigenvalue weighted by molar-refractivity contribution is 5.24. The lowest BCUT2D eigenvalue weighted by atomic mass is 10.0. The van der Waals surface area contributed by atoms with Gasteiger partial charge in [0, 0.05) is 25.7 Å². The van der Waals surface area contributed by atoms with Crippen molar-refractivity contribution in [1.29, 1.82) is 0 Å². The molecule has 2 rings (SSSR count). The van der Waals surface area contributed by atoms with Crippen molar-refractivity contribution in [1.82, 2.24) is 4.90 Å². The molecule has 2 atom stereocenters. The first-order chi connectivity index (χ1) is 8.85. The van der Waals surface area contributed by atoms with Crippen LogP contribution in [0.3, 0.4) is 0 Å². The van der Waals surface area contributed by atoms with E-state index in [-0.39, 0.29) is 17.7 Å². The van der Waals surface area contributed by atoms with Gasteiger partial charge in [0.1, 0.15) is 0 Å². The van der Waals surface area contributed by atoms with Gasteiger partial charge in [0.15, 0.2) is 0 Å². The number of ether oxygens (including phenoxy) is 1. The molecule has 1 fully saturated rings. The molecule has 1 aromatic carbocycles. The fraction of sp³-hybridized carbons (Fsp3) is 0.625. The van der Waals surface area contributed by atoms with Crippen molar-refractivity contribution in [3.05, 3.63) is 35.4 Å². The fourth-order valence-electron chi connectivity index (χ4n) is 2.92. The van der Waals surface area contributed by atoms with Crippen molar-refractivity contribution >= 4 is 0 Å². The Hall–Kier alpha value is -0.900. The third kappa shape index (κ3) is 4.03. The van der Waals surface area contributed by atoms with Gasteiger partial charge < -0.3 is 10.5 Å². The predicted octanol–water partition coefficient (Wildman–Crippen LogP) is 2.49. The summed E-state index contributed by atoms with van der Waals surface area (Å²) >= 11 is 0. The first-order valence-corrected chi connectivity index (χ1v) is 7.08. The summed E-state index contributed by atoms with van der Waals surface area (Å²) in [6.07, 6.45) is 0.272. The predicted molar refractivity (Wildman–Crippen MR) is 79.2 cm³/mol. The Balaban J connectivity index is 1.98. The molecule has 0 saturated carbocycles. The molecule has 2 unspecified atom stereocenters. The Bertz CT molecular complexity index is 413. The van der Waals surface area contributed by atoms with Crippen LogP contribution in [-0.2, 0) is 4.74 Å². The third-order valence-electron chi connectivity index (χ3n) is 3.60. The molecule has 3 heteroatoms. The van der Waals surface area contributed by atoms with Gasteiger partial charge in [-0.05, 0) is 33.3 Å². The quantitative estimate of drug-likeness (QED) is 0.909. The van der Waals surface area contributed by atoms with Gasteiger partial charge in [-0.25, -0.2) is 0 Å². The molecule has 1 aliphatic heterocycles. The third-order valence-corrected chi connectivity index (χ3v) is 3.60. The summed E-state index contributed by atoms with van der Waals surface area (Å²) in [5.74, 6) is 0. The van der Waals surface area contributed by atoms with Crippen LogP contribution in [-0.4, -0.2) is 36.2 Å². The highest BCUT2D eigenvalue weighted by Crippen LogP contribution is 2.22. The van der Waals surface area contributed by atoms with Crippen LogP contribution >= 0.6 is 0 Å². The summed E-state index contributed by atoms with van der Waals surface area (Å²) in [4.78, 5) is 2.42. The number of hydrogen-bond acceptors (Lipinski definition) is 3. The number of benzene rings is 1. The van der Waals surface area contributed by atoms with Crippen molar-refractivity contribution in [3.63, 3.8) is 0 Å². The van der Waals surface area contributed by atoms with Gasteiger partial charge in [0.25, 0.3) is 0 Å². The zero-order valence-electron chi connectivity index (χ0n) is 12.5. The summed E-state index contributed by atoms with van der Waals surface area (Å²) in [5, 5.41) is 0. The van der Waals surface area contributed by atoms with E-state index in [1.165, 1.54) is 11.1 Å². The van der Waals surface area contributed by atoms with Crippen LogP contribution in [0.2, 0.25) is 0 Å². The van der Waals surface area contributed by atoms with Gasteiger partial charge in [-0.2, -0.15) is 0 Å².